The minimum Gasteiger partial charge on any atom is -0.453 e. The smallest absolute Gasteiger partial charge is 0.370 e. The molecule has 44 valence electrons. The summed E-state index contributed by atoms with van der Waals surface area (Å²) >= 11 is 0. The van der Waals surface area contributed by atoms with Crippen molar-refractivity contribution in [2.75, 3.05) is 6.61 Å². The zero-order valence-electron chi connectivity index (χ0n) is 3.78. The van der Waals surface area contributed by atoms with Gasteiger partial charge in [0.25, 0.3) is 0 Å². The van der Waals surface area contributed by atoms with Crippen molar-refractivity contribution in [1.82, 2.24) is 0 Å². The number of carbonyl (C=O) groups excluding carboxylic acids is 1. The normalized spacial score (nSPS) is 19.5. The van der Waals surface area contributed by atoms with Crippen LogP contribution >= 0.6 is 0 Å². The first-order chi connectivity index (χ1) is 3.72. The number of hydrogen-bond acceptors (Lipinski definition) is 2. The summed E-state index contributed by atoms with van der Waals surface area (Å²) < 4.78 is 27.4. The van der Waals surface area contributed by atoms with Gasteiger partial charge in [-0.3, -0.25) is 0 Å². The van der Waals surface area contributed by atoms with Gasteiger partial charge in [0, 0.05) is 0 Å². The summed E-state index contributed by atoms with van der Waals surface area (Å²) in [6.07, 6.45) is 0. The molecule has 0 saturated carbocycles. The van der Waals surface area contributed by atoms with Crippen LogP contribution in [0.4, 0.5) is 8.78 Å². The lowest BCUT2D eigenvalue weighted by Gasteiger charge is -1.83. The monoisotopic (exact) mass is 120 g/mol. The van der Waals surface area contributed by atoms with Crippen LogP contribution in [0.15, 0.2) is 11.7 Å². The van der Waals surface area contributed by atoms with E-state index in [1.807, 2.05) is 0 Å². The lowest BCUT2D eigenvalue weighted by molar-refractivity contribution is -0.137. The van der Waals surface area contributed by atoms with Crippen LogP contribution in [0.5, 0.6) is 0 Å². The minimum atomic E-state index is -1.40. The van der Waals surface area contributed by atoms with Gasteiger partial charge in [-0.25, -0.2) is 9.18 Å². The van der Waals surface area contributed by atoms with Crippen molar-refractivity contribution in [3.8, 4) is 0 Å². The molecule has 1 rings (SSSR count). The molecule has 0 aromatic heterocycles. The standard InChI is InChI=1S/C4H2F2O2/c5-2-1-8-4(7)3(2)6/h1H2. The second-order valence-electron chi connectivity index (χ2n) is 1.30. The molecular weight excluding hydrogens is 118 g/mol. The van der Waals surface area contributed by atoms with E-state index in [9.17, 15) is 13.6 Å². The van der Waals surface area contributed by atoms with Gasteiger partial charge in [0.2, 0.25) is 5.83 Å². The Labute approximate surface area is 43.7 Å². The highest BCUT2D eigenvalue weighted by molar-refractivity contribution is 5.88. The molecule has 1 heterocycles. The van der Waals surface area contributed by atoms with Crippen LogP contribution in [0.25, 0.3) is 0 Å². The van der Waals surface area contributed by atoms with Crippen molar-refractivity contribution in [1.29, 1.82) is 0 Å². The van der Waals surface area contributed by atoms with Gasteiger partial charge in [-0.05, 0) is 0 Å². The third kappa shape index (κ3) is 0.576. The summed E-state index contributed by atoms with van der Waals surface area (Å²) in [5.74, 6) is -3.72. The lowest BCUT2D eigenvalue weighted by atomic mass is 10.5. The largest absolute Gasteiger partial charge is 0.453 e. The first kappa shape index (κ1) is 5.21. The van der Waals surface area contributed by atoms with Crippen molar-refractivity contribution < 1.29 is 18.3 Å². The van der Waals surface area contributed by atoms with Crippen molar-refractivity contribution >= 4 is 5.97 Å². The zero-order chi connectivity index (χ0) is 6.15. The molecule has 0 saturated heterocycles. The van der Waals surface area contributed by atoms with Crippen LogP contribution < -0.4 is 0 Å². The summed E-state index contributed by atoms with van der Waals surface area (Å²) in [5.41, 5.74) is 0. The van der Waals surface area contributed by atoms with Gasteiger partial charge in [0.15, 0.2) is 5.83 Å². The topological polar surface area (TPSA) is 26.3 Å². The summed E-state index contributed by atoms with van der Waals surface area (Å²) in [7, 11) is 0. The van der Waals surface area contributed by atoms with E-state index in [0.717, 1.165) is 0 Å². The van der Waals surface area contributed by atoms with Crippen molar-refractivity contribution in [2.24, 2.45) is 0 Å². The Balaban J connectivity index is 2.86. The summed E-state index contributed by atoms with van der Waals surface area (Å²) in [6, 6.07) is 0. The average Bonchev–Trinajstić information content (AvgIpc) is 1.98. The SMILES string of the molecule is O=C1OCC(F)=C1F. The van der Waals surface area contributed by atoms with E-state index in [2.05, 4.69) is 4.74 Å². The van der Waals surface area contributed by atoms with Crippen LogP contribution in [0.2, 0.25) is 0 Å². The fraction of sp³-hybridized carbons (Fsp3) is 0.250. The Hall–Kier alpha value is -0.930. The Bertz CT molecular complexity index is 161. The van der Waals surface area contributed by atoms with Crippen LogP contribution in [-0.2, 0) is 9.53 Å². The van der Waals surface area contributed by atoms with E-state index in [1.54, 1.807) is 0 Å². The number of cyclic esters (lactones) is 1. The van der Waals surface area contributed by atoms with Gasteiger partial charge in [-0.1, -0.05) is 0 Å². The maximum absolute atomic E-state index is 11.7. The maximum Gasteiger partial charge on any atom is 0.370 e. The molecule has 0 N–H and O–H groups in total. The fourth-order valence-corrected chi connectivity index (χ4v) is 0.366. The molecule has 0 bridgehead atoms. The second-order valence-corrected chi connectivity index (χ2v) is 1.30. The van der Waals surface area contributed by atoms with Crippen molar-refractivity contribution in [2.45, 2.75) is 0 Å². The molecular formula is C4H2F2O2. The fourth-order valence-electron chi connectivity index (χ4n) is 0.366. The average molecular weight is 120 g/mol. The molecule has 4 heteroatoms. The number of rotatable bonds is 0. The molecule has 1 aliphatic heterocycles. The van der Waals surface area contributed by atoms with E-state index in [0.29, 0.717) is 0 Å². The summed E-state index contributed by atoms with van der Waals surface area (Å²) in [4.78, 5) is 9.89. The predicted molar refractivity (Wildman–Crippen MR) is 20.2 cm³/mol. The van der Waals surface area contributed by atoms with E-state index < -0.39 is 24.2 Å². The second kappa shape index (κ2) is 1.54. The van der Waals surface area contributed by atoms with Gasteiger partial charge in [-0.2, -0.15) is 4.39 Å². The molecule has 0 unspecified atom stereocenters. The van der Waals surface area contributed by atoms with E-state index in [4.69, 9.17) is 0 Å². The quantitative estimate of drug-likeness (QED) is 0.439. The third-order valence-corrected chi connectivity index (χ3v) is 0.747. The number of halogens is 2. The first-order valence-corrected chi connectivity index (χ1v) is 1.93. The van der Waals surface area contributed by atoms with Gasteiger partial charge < -0.3 is 4.74 Å². The molecule has 0 amide bonds. The van der Waals surface area contributed by atoms with Crippen LogP contribution in [0.1, 0.15) is 0 Å². The molecule has 1 aliphatic rings. The number of esters is 1. The molecule has 8 heavy (non-hydrogen) atoms. The number of ether oxygens (including phenoxy) is 1. The molecule has 0 aliphatic carbocycles. The highest BCUT2D eigenvalue weighted by Crippen LogP contribution is 2.16. The zero-order valence-corrected chi connectivity index (χ0v) is 3.78. The highest BCUT2D eigenvalue weighted by atomic mass is 19.2. The predicted octanol–water partition coefficient (Wildman–Crippen LogP) is 0.694. The Morgan fingerprint density at radius 3 is 2.25 bits per heavy atom. The maximum atomic E-state index is 11.7. The van der Waals surface area contributed by atoms with Crippen molar-refractivity contribution in [3.63, 3.8) is 0 Å². The Kier molecular flexibility index (Phi) is 1.00. The minimum absolute atomic E-state index is 0.551. The number of carbonyl (C=O) groups is 1. The van der Waals surface area contributed by atoms with Gasteiger partial charge in [0.05, 0.1) is 0 Å². The lowest BCUT2D eigenvalue weighted by Crippen LogP contribution is -1.93. The van der Waals surface area contributed by atoms with Crippen LogP contribution in [-0.4, -0.2) is 12.6 Å². The number of hydrogen-bond donors (Lipinski definition) is 0. The summed E-state index contributed by atoms with van der Waals surface area (Å²) in [5, 5.41) is 0. The highest BCUT2D eigenvalue weighted by Gasteiger charge is 2.24. The first-order valence-electron chi connectivity index (χ1n) is 1.93. The van der Waals surface area contributed by atoms with E-state index >= 15 is 0 Å². The van der Waals surface area contributed by atoms with Gasteiger partial charge in [0.1, 0.15) is 6.61 Å². The van der Waals surface area contributed by atoms with Crippen LogP contribution in [0.3, 0.4) is 0 Å². The molecule has 0 atom stereocenters. The van der Waals surface area contributed by atoms with E-state index in [-0.39, 0.29) is 0 Å². The Morgan fingerprint density at radius 2 is 2.12 bits per heavy atom. The molecule has 0 aromatic carbocycles. The Morgan fingerprint density at radius 1 is 1.50 bits per heavy atom. The summed E-state index contributed by atoms with van der Waals surface area (Å²) in [6.45, 7) is -0.551. The van der Waals surface area contributed by atoms with Gasteiger partial charge in [-0.15, -0.1) is 0 Å². The van der Waals surface area contributed by atoms with Crippen molar-refractivity contribution in [3.05, 3.63) is 11.7 Å². The third-order valence-electron chi connectivity index (χ3n) is 0.747. The molecule has 0 aromatic rings. The molecule has 0 radical (unpaired) electrons. The molecule has 0 spiro atoms. The molecule has 0 fully saturated rings. The molecule has 2 nitrogen and oxygen atoms in total. The van der Waals surface area contributed by atoms with Crippen LogP contribution in [0, 0.1) is 0 Å². The van der Waals surface area contributed by atoms with Gasteiger partial charge >= 0.3 is 5.97 Å². The van der Waals surface area contributed by atoms with E-state index in [1.165, 1.54) is 0 Å².